The molecular weight excluding hydrogens is 242 g/mol. The average molecular weight is 262 g/mol. The Labute approximate surface area is 95.1 Å². The summed E-state index contributed by atoms with van der Waals surface area (Å²) in [5.74, 6) is 0. The van der Waals surface area contributed by atoms with Gasteiger partial charge in [0.05, 0.1) is 6.10 Å². The number of hydrogen-bond acceptors (Lipinski definition) is 2. The predicted molar refractivity (Wildman–Crippen MR) is 62.0 cm³/mol. The first kappa shape index (κ1) is 10.9. The summed E-state index contributed by atoms with van der Waals surface area (Å²) >= 11 is 3.53. The Morgan fingerprint density at radius 1 is 1.21 bits per heavy atom. The van der Waals surface area contributed by atoms with E-state index in [9.17, 15) is 0 Å². The highest BCUT2D eigenvalue weighted by Gasteiger charge is 2.28. The van der Waals surface area contributed by atoms with Crippen LogP contribution < -0.4 is 0 Å². The van der Waals surface area contributed by atoms with Crippen molar-refractivity contribution in [2.45, 2.75) is 44.2 Å². The summed E-state index contributed by atoms with van der Waals surface area (Å²) in [6, 6.07) is 0.897. The molecule has 82 valence electrons. The lowest BCUT2D eigenvalue weighted by molar-refractivity contribution is 0.0918. The van der Waals surface area contributed by atoms with Crippen molar-refractivity contribution in [1.82, 2.24) is 4.90 Å². The Bertz CT molecular complexity index is 167. The first-order chi connectivity index (χ1) is 6.90. The highest BCUT2D eigenvalue weighted by Crippen LogP contribution is 2.27. The Morgan fingerprint density at radius 2 is 2.07 bits per heavy atom. The predicted octanol–water partition coefficient (Wildman–Crippen LogP) is 2.41. The Kier molecular flexibility index (Phi) is 4.26. The van der Waals surface area contributed by atoms with Gasteiger partial charge in [0.25, 0.3) is 0 Å². The molecular formula is C11H20BrNO. The molecule has 0 amide bonds. The second kappa shape index (κ2) is 5.47. The summed E-state index contributed by atoms with van der Waals surface area (Å²) in [7, 11) is 0. The largest absolute Gasteiger partial charge is 0.378 e. The second-order valence-corrected chi connectivity index (χ2v) is 5.17. The van der Waals surface area contributed by atoms with E-state index in [1.165, 1.54) is 45.2 Å². The maximum absolute atomic E-state index is 5.64. The summed E-state index contributed by atoms with van der Waals surface area (Å²) in [5, 5.41) is 1.11. The van der Waals surface area contributed by atoms with Gasteiger partial charge in [0.1, 0.15) is 0 Å². The minimum Gasteiger partial charge on any atom is -0.378 e. The van der Waals surface area contributed by atoms with Crippen LogP contribution in [0.2, 0.25) is 0 Å². The number of ether oxygens (including phenoxy) is 1. The van der Waals surface area contributed by atoms with Crippen LogP contribution in [0.25, 0.3) is 0 Å². The normalized spacial score (nSPS) is 27.4. The van der Waals surface area contributed by atoms with Gasteiger partial charge in [-0.25, -0.2) is 0 Å². The lowest BCUT2D eigenvalue weighted by Crippen LogP contribution is -2.31. The molecule has 2 fully saturated rings. The van der Waals surface area contributed by atoms with Crippen molar-refractivity contribution in [2.24, 2.45) is 0 Å². The van der Waals surface area contributed by atoms with Crippen molar-refractivity contribution in [1.29, 1.82) is 0 Å². The molecule has 3 heteroatoms. The average Bonchev–Trinajstić information content (AvgIpc) is 2.90. The van der Waals surface area contributed by atoms with Gasteiger partial charge in [0.2, 0.25) is 0 Å². The Hall–Kier alpha value is 0.400. The zero-order valence-electron chi connectivity index (χ0n) is 8.75. The van der Waals surface area contributed by atoms with Crippen LogP contribution in [0.15, 0.2) is 0 Å². The molecule has 1 atom stereocenters. The van der Waals surface area contributed by atoms with Crippen molar-refractivity contribution < 1.29 is 4.74 Å². The van der Waals surface area contributed by atoms with E-state index in [2.05, 4.69) is 20.8 Å². The summed E-state index contributed by atoms with van der Waals surface area (Å²) in [4.78, 5) is 2.62. The molecule has 2 nitrogen and oxygen atoms in total. The molecule has 1 heterocycles. The van der Waals surface area contributed by atoms with Gasteiger partial charge in [-0.05, 0) is 32.1 Å². The zero-order chi connectivity index (χ0) is 9.80. The summed E-state index contributed by atoms with van der Waals surface area (Å²) in [6.07, 6.45) is 7.19. The van der Waals surface area contributed by atoms with E-state index >= 15 is 0 Å². The van der Waals surface area contributed by atoms with E-state index in [0.717, 1.165) is 18.0 Å². The van der Waals surface area contributed by atoms with Crippen molar-refractivity contribution in [3.63, 3.8) is 0 Å². The topological polar surface area (TPSA) is 12.5 Å². The Balaban J connectivity index is 1.65. The van der Waals surface area contributed by atoms with Crippen molar-refractivity contribution in [2.75, 3.05) is 25.0 Å². The van der Waals surface area contributed by atoms with E-state index in [1.807, 2.05) is 0 Å². The molecule has 1 aliphatic heterocycles. The van der Waals surface area contributed by atoms with Crippen LogP contribution in [0.5, 0.6) is 0 Å². The lowest BCUT2D eigenvalue weighted by atomic mass is 10.2. The summed E-state index contributed by atoms with van der Waals surface area (Å²) < 4.78 is 5.64. The minimum absolute atomic E-state index is 0.562. The monoisotopic (exact) mass is 261 g/mol. The summed E-state index contributed by atoms with van der Waals surface area (Å²) in [6.45, 7) is 3.44. The van der Waals surface area contributed by atoms with Gasteiger partial charge in [0.15, 0.2) is 0 Å². The third-order valence-corrected chi connectivity index (χ3v) is 3.55. The molecule has 0 bridgehead atoms. The van der Waals surface area contributed by atoms with E-state index in [4.69, 9.17) is 4.74 Å². The van der Waals surface area contributed by atoms with Gasteiger partial charge in [-0.2, -0.15) is 0 Å². The van der Waals surface area contributed by atoms with E-state index in [-0.39, 0.29) is 0 Å². The number of halogens is 1. The molecule has 2 aliphatic rings. The van der Waals surface area contributed by atoms with Crippen molar-refractivity contribution >= 4 is 15.9 Å². The number of rotatable bonds is 6. The molecule has 0 aromatic heterocycles. The first-order valence-corrected chi connectivity index (χ1v) is 6.94. The van der Waals surface area contributed by atoms with Crippen LogP contribution in [0.3, 0.4) is 0 Å². The van der Waals surface area contributed by atoms with Crippen LogP contribution in [0, 0.1) is 0 Å². The lowest BCUT2D eigenvalue weighted by Gasteiger charge is -2.22. The smallest absolute Gasteiger partial charge is 0.0588 e. The second-order valence-electron chi connectivity index (χ2n) is 4.38. The maximum Gasteiger partial charge on any atom is 0.0588 e. The molecule has 0 radical (unpaired) electrons. The fourth-order valence-electron chi connectivity index (χ4n) is 2.21. The highest BCUT2D eigenvalue weighted by molar-refractivity contribution is 9.09. The summed E-state index contributed by atoms with van der Waals surface area (Å²) in [5.41, 5.74) is 0. The fourth-order valence-corrected chi connectivity index (χ4v) is 2.66. The van der Waals surface area contributed by atoms with E-state index in [0.29, 0.717) is 6.10 Å². The number of nitrogens with zero attached hydrogens (tertiary/aromatic N) is 1. The zero-order valence-corrected chi connectivity index (χ0v) is 10.3. The van der Waals surface area contributed by atoms with Crippen LogP contribution in [-0.2, 0) is 4.74 Å². The molecule has 1 unspecified atom stereocenters. The highest BCUT2D eigenvalue weighted by atomic mass is 79.9. The van der Waals surface area contributed by atoms with Crippen LogP contribution in [-0.4, -0.2) is 42.1 Å². The molecule has 1 aliphatic carbocycles. The molecule has 0 N–H and O–H groups in total. The fraction of sp³-hybridized carbons (Fsp3) is 1.00. The van der Waals surface area contributed by atoms with Gasteiger partial charge >= 0.3 is 0 Å². The SMILES string of the molecule is BrCCN(CCC1CCCO1)C1CC1. The molecule has 1 saturated heterocycles. The standard InChI is InChI=1S/C11H20BrNO/c12-6-8-13(10-3-4-10)7-5-11-2-1-9-14-11/h10-11H,1-9H2. The third kappa shape index (κ3) is 3.21. The quantitative estimate of drug-likeness (QED) is 0.682. The van der Waals surface area contributed by atoms with E-state index < -0.39 is 0 Å². The molecule has 2 rings (SSSR count). The third-order valence-electron chi connectivity index (χ3n) is 3.20. The van der Waals surface area contributed by atoms with Gasteiger partial charge < -0.3 is 4.74 Å². The van der Waals surface area contributed by atoms with Crippen LogP contribution in [0.4, 0.5) is 0 Å². The molecule has 1 saturated carbocycles. The maximum atomic E-state index is 5.64. The molecule has 14 heavy (non-hydrogen) atoms. The van der Waals surface area contributed by atoms with Gasteiger partial charge in [0, 0.05) is 31.1 Å². The van der Waals surface area contributed by atoms with Gasteiger partial charge in [-0.3, -0.25) is 4.90 Å². The van der Waals surface area contributed by atoms with Gasteiger partial charge in [-0.1, -0.05) is 15.9 Å². The Morgan fingerprint density at radius 3 is 2.64 bits per heavy atom. The number of hydrogen-bond donors (Lipinski definition) is 0. The molecule has 0 aromatic carbocycles. The molecule has 0 aromatic rings. The van der Waals surface area contributed by atoms with Gasteiger partial charge in [-0.15, -0.1) is 0 Å². The minimum atomic E-state index is 0.562. The van der Waals surface area contributed by atoms with E-state index in [1.54, 1.807) is 0 Å². The first-order valence-electron chi connectivity index (χ1n) is 5.82. The van der Waals surface area contributed by atoms with Crippen molar-refractivity contribution in [3.05, 3.63) is 0 Å². The van der Waals surface area contributed by atoms with Crippen molar-refractivity contribution in [3.8, 4) is 0 Å². The van der Waals surface area contributed by atoms with Crippen LogP contribution >= 0.6 is 15.9 Å². The molecule has 0 spiro atoms. The van der Waals surface area contributed by atoms with Crippen LogP contribution in [0.1, 0.15) is 32.1 Å². The number of alkyl halides is 1.